The molecule has 0 bridgehead atoms. The van der Waals surface area contributed by atoms with E-state index in [0.29, 0.717) is 10.9 Å². The van der Waals surface area contributed by atoms with Crippen molar-refractivity contribution in [3.05, 3.63) is 34.3 Å². The van der Waals surface area contributed by atoms with Crippen LogP contribution in [0.2, 0.25) is 5.02 Å². The number of rotatable bonds is 4. The van der Waals surface area contributed by atoms with E-state index in [1.165, 1.54) is 12.8 Å². The van der Waals surface area contributed by atoms with Gasteiger partial charge >= 0.3 is 0 Å². The van der Waals surface area contributed by atoms with E-state index < -0.39 is 0 Å². The third-order valence-corrected chi connectivity index (χ3v) is 4.40. The first-order valence-electron chi connectivity index (χ1n) is 7.77. The van der Waals surface area contributed by atoms with Crippen molar-refractivity contribution >= 4 is 17.5 Å². The van der Waals surface area contributed by atoms with Gasteiger partial charge in [-0.15, -0.1) is 0 Å². The zero-order valence-corrected chi connectivity index (χ0v) is 13.9. The van der Waals surface area contributed by atoms with Crippen molar-refractivity contribution in [2.45, 2.75) is 39.7 Å². The number of benzene rings is 1. The quantitative estimate of drug-likeness (QED) is 0.923. The van der Waals surface area contributed by atoms with Gasteiger partial charge in [-0.2, -0.15) is 0 Å². The number of aryl methyl sites for hydroxylation is 1. The number of halogens is 1. The largest absolute Gasteiger partial charge is 0.336 e. The summed E-state index contributed by atoms with van der Waals surface area (Å²) in [5.41, 5.74) is 1.71. The van der Waals surface area contributed by atoms with Crippen molar-refractivity contribution in [3.8, 4) is 0 Å². The molecule has 1 atom stereocenters. The van der Waals surface area contributed by atoms with E-state index in [2.05, 4.69) is 19.2 Å². The third kappa shape index (κ3) is 4.21. The van der Waals surface area contributed by atoms with E-state index in [0.717, 1.165) is 30.8 Å². The maximum atomic E-state index is 12.9. The van der Waals surface area contributed by atoms with Gasteiger partial charge in [0.05, 0.1) is 0 Å². The molecule has 1 aliphatic rings. The Kier molecular flexibility index (Phi) is 5.65. The Labute approximate surface area is 132 Å². The van der Waals surface area contributed by atoms with Crippen molar-refractivity contribution in [2.75, 3.05) is 19.6 Å². The monoisotopic (exact) mass is 308 g/mol. The molecule has 1 amide bonds. The lowest BCUT2D eigenvalue weighted by Crippen LogP contribution is -2.44. The molecular weight excluding hydrogens is 284 g/mol. The Hall–Kier alpha value is -1.06. The molecular formula is C17H25ClN2O. The molecule has 1 fully saturated rings. The maximum Gasteiger partial charge on any atom is 0.254 e. The third-order valence-electron chi connectivity index (χ3n) is 4.17. The first-order chi connectivity index (χ1) is 9.99. The average molecular weight is 309 g/mol. The van der Waals surface area contributed by atoms with Crippen molar-refractivity contribution in [1.29, 1.82) is 0 Å². The summed E-state index contributed by atoms with van der Waals surface area (Å²) < 4.78 is 0. The van der Waals surface area contributed by atoms with Gasteiger partial charge in [0.2, 0.25) is 0 Å². The SMILES string of the molecule is Cc1ccc(Cl)cc1C(=O)N(CC1CCCNC1)C(C)C. The summed E-state index contributed by atoms with van der Waals surface area (Å²) in [6.45, 7) is 9.03. The number of hydrogen-bond donors (Lipinski definition) is 1. The van der Waals surface area contributed by atoms with Crippen molar-refractivity contribution in [2.24, 2.45) is 5.92 Å². The summed E-state index contributed by atoms with van der Waals surface area (Å²) in [7, 11) is 0. The minimum Gasteiger partial charge on any atom is -0.336 e. The van der Waals surface area contributed by atoms with Gasteiger partial charge in [-0.1, -0.05) is 17.7 Å². The number of amides is 1. The van der Waals surface area contributed by atoms with E-state index in [9.17, 15) is 4.79 Å². The fourth-order valence-corrected chi connectivity index (χ4v) is 3.04. The Morgan fingerprint density at radius 2 is 2.24 bits per heavy atom. The lowest BCUT2D eigenvalue weighted by Gasteiger charge is -2.33. The van der Waals surface area contributed by atoms with E-state index in [1.807, 2.05) is 24.0 Å². The number of hydrogen-bond acceptors (Lipinski definition) is 2. The predicted octanol–water partition coefficient (Wildman–Crippen LogP) is 3.50. The van der Waals surface area contributed by atoms with Crippen molar-refractivity contribution in [1.82, 2.24) is 10.2 Å². The smallest absolute Gasteiger partial charge is 0.254 e. The van der Waals surface area contributed by atoms with Gasteiger partial charge in [-0.05, 0) is 70.3 Å². The number of piperidine rings is 1. The van der Waals surface area contributed by atoms with Gasteiger partial charge in [0.15, 0.2) is 0 Å². The van der Waals surface area contributed by atoms with Crippen molar-refractivity contribution < 1.29 is 4.79 Å². The van der Waals surface area contributed by atoms with Crippen LogP contribution in [0.5, 0.6) is 0 Å². The molecule has 21 heavy (non-hydrogen) atoms. The highest BCUT2D eigenvalue weighted by Crippen LogP contribution is 2.20. The van der Waals surface area contributed by atoms with Crippen LogP contribution in [0.25, 0.3) is 0 Å². The second kappa shape index (κ2) is 7.28. The summed E-state index contributed by atoms with van der Waals surface area (Å²) in [5.74, 6) is 0.639. The molecule has 2 rings (SSSR count). The summed E-state index contributed by atoms with van der Waals surface area (Å²) in [4.78, 5) is 14.9. The predicted molar refractivity (Wildman–Crippen MR) is 88.0 cm³/mol. The van der Waals surface area contributed by atoms with E-state index in [4.69, 9.17) is 11.6 Å². The molecule has 116 valence electrons. The zero-order chi connectivity index (χ0) is 15.4. The summed E-state index contributed by atoms with van der Waals surface area (Å²) in [6, 6.07) is 5.72. The van der Waals surface area contributed by atoms with Gasteiger partial charge in [0.1, 0.15) is 0 Å². The molecule has 0 aromatic heterocycles. The Morgan fingerprint density at radius 3 is 2.86 bits per heavy atom. The van der Waals surface area contributed by atoms with Crippen LogP contribution in [0.3, 0.4) is 0 Å². The molecule has 1 aliphatic heterocycles. The molecule has 3 nitrogen and oxygen atoms in total. The molecule has 0 spiro atoms. The van der Waals surface area contributed by atoms with Crippen molar-refractivity contribution in [3.63, 3.8) is 0 Å². The molecule has 1 aromatic rings. The first kappa shape index (κ1) is 16.3. The highest BCUT2D eigenvalue weighted by atomic mass is 35.5. The number of nitrogens with one attached hydrogen (secondary N) is 1. The highest BCUT2D eigenvalue weighted by molar-refractivity contribution is 6.31. The first-order valence-corrected chi connectivity index (χ1v) is 8.14. The van der Waals surface area contributed by atoms with Crippen LogP contribution in [0.1, 0.15) is 42.6 Å². The molecule has 1 N–H and O–H groups in total. The minimum absolute atomic E-state index is 0.0931. The molecule has 1 heterocycles. The maximum absolute atomic E-state index is 12.9. The molecule has 0 saturated carbocycles. The number of carbonyl (C=O) groups is 1. The van der Waals surface area contributed by atoms with Gasteiger partial charge < -0.3 is 10.2 Å². The van der Waals surface area contributed by atoms with E-state index in [1.54, 1.807) is 6.07 Å². The van der Waals surface area contributed by atoms with Crippen LogP contribution in [0.15, 0.2) is 18.2 Å². The van der Waals surface area contributed by atoms with Crippen LogP contribution in [-0.2, 0) is 0 Å². The summed E-state index contributed by atoms with van der Waals surface area (Å²) >= 11 is 6.06. The molecule has 4 heteroatoms. The van der Waals surface area contributed by atoms with Crippen LogP contribution in [0, 0.1) is 12.8 Å². The second-order valence-corrected chi connectivity index (χ2v) is 6.66. The zero-order valence-electron chi connectivity index (χ0n) is 13.2. The molecule has 1 unspecified atom stereocenters. The normalized spacial score (nSPS) is 18.8. The topological polar surface area (TPSA) is 32.3 Å². The fourth-order valence-electron chi connectivity index (χ4n) is 2.87. The summed E-state index contributed by atoms with van der Waals surface area (Å²) in [5, 5.41) is 4.04. The lowest BCUT2D eigenvalue weighted by atomic mass is 9.97. The standard InChI is InChI=1S/C17H25ClN2O/c1-12(2)20(11-14-5-4-8-19-10-14)17(21)16-9-15(18)7-6-13(16)3/h6-7,9,12,14,19H,4-5,8,10-11H2,1-3H3. The minimum atomic E-state index is 0.0931. The molecule has 0 aliphatic carbocycles. The van der Waals surface area contributed by atoms with Crippen LogP contribution < -0.4 is 5.32 Å². The van der Waals surface area contributed by atoms with Crippen LogP contribution in [-0.4, -0.2) is 36.5 Å². The lowest BCUT2D eigenvalue weighted by molar-refractivity contribution is 0.0660. The molecule has 1 aromatic carbocycles. The second-order valence-electron chi connectivity index (χ2n) is 6.22. The van der Waals surface area contributed by atoms with Gasteiger partial charge in [-0.3, -0.25) is 4.79 Å². The van der Waals surface area contributed by atoms with Crippen LogP contribution in [0.4, 0.5) is 0 Å². The molecule has 1 saturated heterocycles. The van der Waals surface area contributed by atoms with E-state index in [-0.39, 0.29) is 11.9 Å². The summed E-state index contributed by atoms with van der Waals surface area (Å²) in [6.07, 6.45) is 2.39. The van der Waals surface area contributed by atoms with Gasteiger partial charge in [0, 0.05) is 23.2 Å². The van der Waals surface area contributed by atoms with Crippen LogP contribution >= 0.6 is 11.6 Å². The number of carbonyl (C=O) groups excluding carboxylic acids is 1. The Bertz CT molecular complexity index is 496. The fraction of sp³-hybridized carbons (Fsp3) is 0.588. The molecule has 0 radical (unpaired) electrons. The number of nitrogens with zero attached hydrogens (tertiary/aromatic N) is 1. The van der Waals surface area contributed by atoms with Gasteiger partial charge in [-0.25, -0.2) is 0 Å². The van der Waals surface area contributed by atoms with E-state index >= 15 is 0 Å². The Morgan fingerprint density at radius 1 is 1.48 bits per heavy atom. The average Bonchev–Trinajstić information content (AvgIpc) is 2.47. The Balaban J connectivity index is 2.16. The van der Waals surface area contributed by atoms with Gasteiger partial charge in [0.25, 0.3) is 5.91 Å². The highest BCUT2D eigenvalue weighted by Gasteiger charge is 2.24.